The number of likely N-dealkylation sites (tertiary alicyclic amines) is 1. The van der Waals surface area contributed by atoms with Crippen molar-refractivity contribution in [2.75, 3.05) is 13.1 Å². The molecule has 2 nitrogen and oxygen atoms in total. The molecule has 0 radical (unpaired) electrons. The van der Waals surface area contributed by atoms with Crippen molar-refractivity contribution in [1.29, 1.82) is 0 Å². The fraction of sp³-hybridized carbons (Fsp3) is 0.875. The lowest BCUT2D eigenvalue weighted by Crippen LogP contribution is -2.45. The van der Waals surface area contributed by atoms with Gasteiger partial charge in [-0.05, 0) is 6.92 Å². The van der Waals surface area contributed by atoms with Crippen molar-refractivity contribution in [2.45, 2.75) is 31.1 Å². The third-order valence-corrected chi connectivity index (χ3v) is 2.33. The SMILES string of the molecule is CC(Cl)C(=O)N1CCC(F)(F)CC1. The molecule has 1 atom stereocenters. The van der Waals surface area contributed by atoms with Gasteiger partial charge in [-0.2, -0.15) is 0 Å². The number of hydrogen-bond donors (Lipinski definition) is 0. The topological polar surface area (TPSA) is 20.3 Å². The van der Waals surface area contributed by atoms with Gasteiger partial charge in [0.2, 0.25) is 5.91 Å². The molecule has 1 rings (SSSR count). The van der Waals surface area contributed by atoms with Crippen LogP contribution in [0.3, 0.4) is 0 Å². The Labute approximate surface area is 80.8 Å². The molecular weight excluding hydrogens is 200 g/mol. The van der Waals surface area contributed by atoms with Gasteiger partial charge in [-0.1, -0.05) is 0 Å². The van der Waals surface area contributed by atoms with Crippen LogP contribution in [0, 0.1) is 0 Å². The van der Waals surface area contributed by atoms with E-state index in [0.717, 1.165) is 0 Å². The van der Waals surface area contributed by atoms with E-state index in [1.165, 1.54) is 4.90 Å². The minimum atomic E-state index is -2.60. The van der Waals surface area contributed by atoms with Crippen molar-refractivity contribution >= 4 is 17.5 Å². The molecule has 0 saturated carbocycles. The minimum absolute atomic E-state index is 0.114. The molecule has 5 heteroatoms. The summed E-state index contributed by atoms with van der Waals surface area (Å²) in [6.45, 7) is 1.78. The molecule has 0 aromatic rings. The van der Waals surface area contributed by atoms with Crippen LogP contribution in [-0.2, 0) is 4.79 Å². The third-order valence-electron chi connectivity index (χ3n) is 2.15. The molecule has 1 fully saturated rings. The van der Waals surface area contributed by atoms with Crippen molar-refractivity contribution < 1.29 is 13.6 Å². The van der Waals surface area contributed by atoms with Crippen LogP contribution in [0.25, 0.3) is 0 Å². The van der Waals surface area contributed by atoms with Crippen LogP contribution in [0.2, 0.25) is 0 Å². The molecule has 0 spiro atoms. The Morgan fingerprint density at radius 3 is 2.31 bits per heavy atom. The molecule has 0 bridgehead atoms. The molecule has 0 N–H and O–H groups in total. The van der Waals surface area contributed by atoms with Gasteiger partial charge in [-0.25, -0.2) is 8.78 Å². The van der Waals surface area contributed by atoms with Crippen molar-refractivity contribution in [3.05, 3.63) is 0 Å². The van der Waals surface area contributed by atoms with Gasteiger partial charge >= 0.3 is 0 Å². The molecule has 1 amide bonds. The predicted octanol–water partition coefficient (Wildman–Crippen LogP) is 1.87. The first-order valence-corrected chi connectivity index (χ1v) is 4.67. The van der Waals surface area contributed by atoms with E-state index in [4.69, 9.17) is 11.6 Å². The maximum absolute atomic E-state index is 12.7. The highest BCUT2D eigenvalue weighted by atomic mass is 35.5. The number of halogens is 3. The van der Waals surface area contributed by atoms with E-state index in [0.29, 0.717) is 0 Å². The van der Waals surface area contributed by atoms with Crippen molar-refractivity contribution in [2.24, 2.45) is 0 Å². The van der Waals surface area contributed by atoms with E-state index in [1.54, 1.807) is 6.92 Å². The first-order chi connectivity index (χ1) is 5.92. The van der Waals surface area contributed by atoms with Gasteiger partial charge in [0.15, 0.2) is 0 Å². The molecule has 76 valence electrons. The Morgan fingerprint density at radius 1 is 1.46 bits per heavy atom. The van der Waals surface area contributed by atoms with Gasteiger partial charge in [-0.15, -0.1) is 11.6 Å². The Morgan fingerprint density at radius 2 is 1.92 bits per heavy atom. The second kappa shape index (κ2) is 3.78. The molecule has 0 aromatic carbocycles. The summed E-state index contributed by atoms with van der Waals surface area (Å²) in [5.41, 5.74) is 0. The summed E-state index contributed by atoms with van der Waals surface area (Å²) in [4.78, 5) is 12.7. The normalized spacial score (nSPS) is 24.2. The fourth-order valence-electron chi connectivity index (χ4n) is 1.31. The third kappa shape index (κ3) is 2.79. The van der Waals surface area contributed by atoms with Crippen LogP contribution in [0.4, 0.5) is 8.78 Å². The number of carbonyl (C=O) groups is 1. The highest BCUT2D eigenvalue weighted by Crippen LogP contribution is 2.28. The van der Waals surface area contributed by atoms with Crippen molar-refractivity contribution in [3.8, 4) is 0 Å². The van der Waals surface area contributed by atoms with Crippen molar-refractivity contribution in [1.82, 2.24) is 4.90 Å². The summed E-state index contributed by atoms with van der Waals surface area (Å²) in [5, 5.41) is -0.619. The van der Waals surface area contributed by atoms with E-state index in [-0.39, 0.29) is 31.8 Å². The molecule has 1 aliphatic heterocycles. The maximum Gasteiger partial charge on any atom is 0.251 e. The molecule has 0 aromatic heterocycles. The van der Waals surface area contributed by atoms with Crippen LogP contribution in [0.5, 0.6) is 0 Å². The number of nitrogens with zero attached hydrogens (tertiary/aromatic N) is 1. The quantitative estimate of drug-likeness (QED) is 0.607. The van der Waals surface area contributed by atoms with Gasteiger partial charge < -0.3 is 4.90 Å². The second-order valence-corrected chi connectivity index (χ2v) is 3.95. The highest BCUT2D eigenvalue weighted by Gasteiger charge is 2.36. The van der Waals surface area contributed by atoms with E-state index in [2.05, 4.69) is 0 Å². The standard InChI is InChI=1S/C8H12ClF2NO/c1-6(9)7(13)12-4-2-8(10,11)3-5-12/h6H,2-5H2,1H3. The van der Waals surface area contributed by atoms with Gasteiger partial charge in [0.1, 0.15) is 5.38 Å². The predicted molar refractivity (Wildman–Crippen MR) is 46.1 cm³/mol. The Hall–Kier alpha value is -0.380. The smallest absolute Gasteiger partial charge is 0.251 e. The first kappa shape index (κ1) is 10.7. The van der Waals surface area contributed by atoms with E-state index >= 15 is 0 Å². The van der Waals surface area contributed by atoms with E-state index in [1.807, 2.05) is 0 Å². The van der Waals surface area contributed by atoms with Gasteiger partial charge in [0.25, 0.3) is 5.92 Å². The van der Waals surface area contributed by atoms with E-state index < -0.39 is 11.3 Å². The maximum atomic E-state index is 12.7. The average Bonchev–Trinajstić information content (AvgIpc) is 2.03. The Bertz CT molecular complexity index is 198. The lowest BCUT2D eigenvalue weighted by atomic mass is 10.1. The average molecular weight is 212 g/mol. The number of amides is 1. The molecule has 0 aliphatic carbocycles. The van der Waals surface area contributed by atoms with Gasteiger partial charge in [0.05, 0.1) is 0 Å². The second-order valence-electron chi connectivity index (χ2n) is 3.30. The molecule has 13 heavy (non-hydrogen) atoms. The fourth-order valence-corrected chi connectivity index (χ4v) is 1.44. The van der Waals surface area contributed by atoms with Gasteiger partial charge in [0, 0.05) is 25.9 Å². The monoisotopic (exact) mass is 211 g/mol. The number of alkyl halides is 3. The van der Waals surface area contributed by atoms with Gasteiger partial charge in [-0.3, -0.25) is 4.79 Å². The summed E-state index contributed by atoms with van der Waals surface area (Å²) in [5.74, 6) is -2.86. The zero-order valence-corrected chi connectivity index (χ0v) is 8.15. The lowest BCUT2D eigenvalue weighted by Gasteiger charge is -2.32. The Balaban J connectivity index is 2.46. The summed E-state index contributed by atoms with van der Waals surface area (Å²) >= 11 is 5.55. The molecule has 1 saturated heterocycles. The van der Waals surface area contributed by atoms with Crippen LogP contribution in [0.1, 0.15) is 19.8 Å². The number of carbonyl (C=O) groups excluding carboxylic acids is 1. The number of rotatable bonds is 1. The zero-order chi connectivity index (χ0) is 10.1. The summed E-state index contributed by atoms with van der Waals surface area (Å²) in [6, 6.07) is 0. The van der Waals surface area contributed by atoms with Crippen LogP contribution >= 0.6 is 11.6 Å². The molecule has 1 heterocycles. The molecule has 1 aliphatic rings. The highest BCUT2D eigenvalue weighted by molar-refractivity contribution is 6.30. The number of piperidine rings is 1. The number of hydrogen-bond acceptors (Lipinski definition) is 1. The zero-order valence-electron chi connectivity index (χ0n) is 7.40. The minimum Gasteiger partial charge on any atom is -0.341 e. The summed E-state index contributed by atoms with van der Waals surface area (Å²) in [6.07, 6.45) is -0.495. The van der Waals surface area contributed by atoms with Crippen molar-refractivity contribution in [3.63, 3.8) is 0 Å². The first-order valence-electron chi connectivity index (χ1n) is 4.23. The van der Waals surface area contributed by atoms with Crippen LogP contribution in [-0.4, -0.2) is 35.2 Å². The molecule has 1 unspecified atom stereocenters. The summed E-state index contributed by atoms with van der Waals surface area (Å²) < 4.78 is 25.3. The molecular formula is C8H12ClF2NO. The Kier molecular flexibility index (Phi) is 3.11. The van der Waals surface area contributed by atoms with Crippen LogP contribution < -0.4 is 0 Å². The largest absolute Gasteiger partial charge is 0.341 e. The van der Waals surface area contributed by atoms with Crippen LogP contribution in [0.15, 0.2) is 0 Å². The van der Waals surface area contributed by atoms with E-state index in [9.17, 15) is 13.6 Å². The lowest BCUT2D eigenvalue weighted by molar-refractivity contribution is -0.136. The summed E-state index contributed by atoms with van der Waals surface area (Å²) in [7, 11) is 0.